The second kappa shape index (κ2) is 31.2. The first-order valence-corrected chi connectivity index (χ1v) is 39.2. The lowest BCUT2D eigenvalue weighted by Crippen LogP contribution is -2.65. The first-order valence-electron chi connectivity index (χ1n) is 39.2. The Hall–Kier alpha value is -19.3. The van der Waals surface area contributed by atoms with Gasteiger partial charge in [0.25, 0.3) is 0 Å². The van der Waals surface area contributed by atoms with E-state index in [4.69, 9.17) is 18.9 Å². The Labute approximate surface area is 754 Å². The van der Waals surface area contributed by atoms with Gasteiger partial charge >= 0.3 is 148 Å². The molecule has 0 amide bonds. The summed E-state index contributed by atoms with van der Waals surface area (Å²) in [5, 5.41) is -3.99. The third-order valence-electron chi connectivity index (χ3n) is 23.7. The van der Waals surface area contributed by atoms with Crippen molar-refractivity contribution in [3.8, 4) is 57.1 Å². The Morgan fingerprint density at radius 2 is 0.457 bits per heavy atom. The molecule has 12 aliphatic rings. The fourth-order valence-corrected chi connectivity index (χ4v) is 17.1. The Morgan fingerprint density at radius 1 is 0.246 bits per heavy atom. The zero-order chi connectivity index (χ0) is 98.3. The summed E-state index contributed by atoms with van der Waals surface area (Å²) in [4.78, 5) is 276. The minimum atomic E-state index is -4.89. The van der Waals surface area contributed by atoms with E-state index in [0.29, 0.717) is 34.1 Å². The van der Waals surface area contributed by atoms with E-state index < -0.39 is 220 Å². The molecule has 0 bridgehead atoms. The van der Waals surface area contributed by atoms with Gasteiger partial charge in [0, 0.05) is 11.1 Å². The van der Waals surface area contributed by atoms with Gasteiger partial charge in [-0.15, -0.1) is 0 Å². The molecule has 11 aliphatic heterocycles. The lowest BCUT2D eigenvalue weighted by atomic mass is 9.41. The van der Waals surface area contributed by atoms with Gasteiger partial charge in [-0.2, -0.15) is 13.2 Å². The molecule has 0 spiro atoms. The number of halogens is 5. The summed E-state index contributed by atoms with van der Waals surface area (Å²) in [6, 6.07) is 37.3. The van der Waals surface area contributed by atoms with Crippen molar-refractivity contribution < 1.29 is 193 Å². The topological polar surface area (TPSA) is 565 Å². The maximum Gasteiger partial charge on any atom is 0.402 e. The van der Waals surface area contributed by atoms with E-state index in [9.17, 15) is 137 Å². The molecule has 12 aromatic rings. The van der Waals surface area contributed by atoms with Crippen molar-refractivity contribution in [1.82, 2.24) is 0 Å². The van der Waals surface area contributed by atoms with E-state index in [1.807, 2.05) is 0 Å². The summed E-state index contributed by atoms with van der Waals surface area (Å²) < 4.78 is 146. The van der Waals surface area contributed by atoms with Crippen molar-refractivity contribution in [2.24, 2.45) is 22.7 Å². The van der Waals surface area contributed by atoms with Gasteiger partial charge in [-0.05, 0) is 177 Å². The molecule has 45 heteroatoms. The number of hydrogen-bond donors (Lipinski definition) is 0. The van der Waals surface area contributed by atoms with Crippen LogP contribution in [0.25, 0.3) is 32.7 Å². The van der Waals surface area contributed by atoms with Crippen molar-refractivity contribution in [2.75, 3.05) is 0 Å². The van der Waals surface area contributed by atoms with Crippen LogP contribution in [-0.4, -0.2) is 126 Å². The van der Waals surface area contributed by atoms with Crippen LogP contribution in [0.1, 0.15) is 198 Å². The number of rotatable bonds is 7. The molecule has 13 heterocycles. The number of ether oxygens (including phenoxy) is 14. The predicted molar refractivity (Wildman–Crippen MR) is 426 cm³/mol. The van der Waals surface area contributed by atoms with Crippen LogP contribution in [0, 0.1) is 34.3 Å². The van der Waals surface area contributed by atoms with Gasteiger partial charge in [0.15, 0.2) is 11.6 Å². The monoisotopic (exact) mass is 1890 g/mol. The van der Waals surface area contributed by atoms with E-state index in [1.165, 1.54) is 98.8 Å². The molecule has 40 nitrogen and oxygen atoms in total. The fourth-order valence-electron chi connectivity index (χ4n) is 17.1. The van der Waals surface area contributed by atoms with Gasteiger partial charge < -0.3 is 75.2 Å². The molecule has 24 rings (SSSR count). The largest absolute Gasteiger partial charge is 0.457 e. The molecule has 0 atom stereocenters. The second-order valence-electron chi connectivity index (χ2n) is 31.4. The van der Waals surface area contributed by atoms with Crippen LogP contribution >= 0.6 is 0 Å². The number of carbonyl (C=O) groups excluding carboxylic acids is 20. The number of benzene rings is 10. The Balaban J connectivity index is 0.000000107. The number of furan rings is 2. The number of cyclic esters (lactones) is 20. The van der Waals surface area contributed by atoms with Crippen LogP contribution in [0.2, 0.25) is 0 Å². The Bertz CT molecular complexity index is 7670. The van der Waals surface area contributed by atoms with E-state index >= 15 is 0 Å². The Morgan fingerprint density at radius 3 is 0.710 bits per heavy atom. The molecular weight excluding hydrogens is 1850 g/mol. The summed E-state index contributed by atoms with van der Waals surface area (Å²) in [5.41, 5.74) is -9.42. The van der Waals surface area contributed by atoms with Gasteiger partial charge in [0.1, 0.15) is 73.0 Å². The highest BCUT2D eigenvalue weighted by Gasteiger charge is 2.86. The third-order valence-corrected chi connectivity index (χ3v) is 23.7. The number of alkyl halides is 3. The van der Waals surface area contributed by atoms with Crippen LogP contribution in [0.15, 0.2) is 186 Å². The maximum absolute atomic E-state index is 14.3. The average Bonchev–Trinajstić information content (AvgIpc) is 1.48. The van der Waals surface area contributed by atoms with Crippen molar-refractivity contribution in [3.63, 3.8) is 0 Å². The normalized spacial score (nSPS) is 19.2. The van der Waals surface area contributed by atoms with Gasteiger partial charge in [0.2, 0.25) is 0 Å². The minimum absolute atomic E-state index is 0.114. The molecule has 138 heavy (non-hydrogen) atoms. The highest BCUT2D eigenvalue weighted by molar-refractivity contribution is 6.21. The van der Waals surface area contributed by atoms with Crippen LogP contribution in [-0.2, 0) is 72.0 Å². The zero-order valence-corrected chi connectivity index (χ0v) is 68.4. The quantitative estimate of drug-likeness (QED) is 0.0619. The zero-order valence-electron chi connectivity index (χ0n) is 68.4. The molecule has 1 saturated carbocycles. The van der Waals surface area contributed by atoms with E-state index in [2.05, 4.69) is 56.2 Å². The van der Waals surface area contributed by atoms with E-state index in [0.717, 1.165) is 31.2 Å². The summed E-state index contributed by atoms with van der Waals surface area (Å²) in [6.07, 6.45) is -4.89. The van der Waals surface area contributed by atoms with Crippen LogP contribution < -0.4 is 41.4 Å². The average molecular weight is 1890 g/mol. The number of fused-ring (bicyclic) bond motifs is 16. The predicted octanol–water partition coefficient (Wildman–Crippen LogP) is 10.4. The number of esters is 20. The molecular formula is C93H37F5O40. The number of hydrogen-bond acceptors (Lipinski definition) is 40. The number of carbonyl (C=O) groups is 20. The van der Waals surface area contributed by atoms with Crippen molar-refractivity contribution in [1.29, 1.82) is 0 Å². The summed E-state index contributed by atoms with van der Waals surface area (Å²) in [5.74, 6) is -18.6. The molecule has 0 unspecified atom stereocenters. The molecule has 2 aromatic heterocycles. The standard InChI is InChI=1S/C22H10O8.C19H7F3O7.C16H6O7.C16H6O6.C10F2O6.C10H8O6/c23-19-15-7-5-13(9-17(15)21(25)29-19)27-11-1-2-12(4-3-11)28-14-6-8-16-18(10-14)22(26)30-20(16)24;1-18(19(20,21)22)10-2-6-8(16(25)28-14(6)23)4-12(10)27-13-5-9-7(3-11(13)18)15(24)29-17(9)26;17-13-9-3-1-7(5-11(9)15(19)22-13)21-8-2-4-10-12(6-8)16(20)23-14(10)18;17-13-9-3-1-7(5-11(9)15(19)21-13)8-2-4-10-12(6-8)16(20)22-14(10)18;11-5-1-2(8(14)17-7(1)13)6(12)4-3(5)9(15)18-10(4)16;1-9-3(5(11)15-7(9)13)10(2)4(9)6(12)16-8(10)14/h1-10H;2-5H,1H3;1-6H;1-6H;;3-4H,1-2H3. The molecule has 10 aromatic carbocycles. The molecule has 1 aliphatic carbocycles. The van der Waals surface area contributed by atoms with Crippen molar-refractivity contribution in [3.05, 3.63) is 311 Å². The first-order chi connectivity index (χ1) is 65.3. The second-order valence-corrected chi connectivity index (χ2v) is 31.4. The maximum atomic E-state index is 14.3. The van der Waals surface area contributed by atoms with Crippen molar-refractivity contribution in [2.45, 2.75) is 32.4 Å². The van der Waals surface area contributed by atoms with Crippen LogP contribution in [0.3, 0.4) is 0 Å². The smallest absolute Gasteiger partial charge is 0.402 e. The lowest BCUT2D eigenvalue weighted by Gasteiger charge is -2.50. The molecule has 0 N–H and O–H groups in total. The Kier molecular flexibility index (Phi) is 19.9. The molecule has 0 radical (unpaired) electrons. The third kappa shape index (κ3) is 13.7. The highest BCUT2D eigenvalue weighted by atomic mass is 19.4. The molecule has 684 valence electrons. The molecule has 3 fully saturated rings. The van der Waals surface area contributed by atoms with Crippen LogP contribution in [0.5, 0.6) is 46.0 Å². The van der Waals surface area contributed by atoms with Gasteiger partial charge in [-0.1, -0.05) is 12.1 Å². The fraction of sp³-hybridized carbons (Fsp3) is 0.0968. The lowest BCUT2D eigenvalue weighted by molar-refractivity contribution is -0.180. The first kappa shape index (κ1) is 88.0. The summed E-state index contributed by atoms with van der Waals surface area (Å²) >= 11 is 0. The van der Waals surface area contributed by atoms with Gasteiger partial charge in [-0.3, -0.25) is 19.2 Å². The summed E-state index contributed by atoms with van der Waals surface area (Å²) in [7, 11) is 0. The van der Waals surface area contributed by atoms with E-state index in [1.54, 1.807) is 48.5 Å². The SMILES string of the molecule is CC1(C(F)(F)F)c2cc3c(cc2Oc2cc4c(cc21)C(=O)OC4=O)C(=O)OC3=O.CC12C(=O)OC(=O)C1C1(C)C(=O)OC(=O)C21.O=C1OC(=O)c2cc(-c3ccc4c(c3)C(=O)OC4=O)ccc21.O=C1OC(=O)c2cc(Oc3ccc(Oc4ccc5c(c4)C(=O)OC5=O)cc3)ccc21.O=C1OC(=O)c2cc(Oc3ccc4c(c3)C(=O)OC4=O)ccc21.O=c1oc(=O)c2c(F)c3c(=O)oc(=O)c3c(F)c12. The van der Waals surface area contributed by atoms with Gasteiger partial charge in [-0.25, -0.2) is 105 Å². The summed E-state index contributed by atoms with van der Waals surface area (Å²) in [6.45, 7) is 3.80. The van der Waals surface area contributed by atoms with Crippen LogP contribution in [0.4, 0.5) is 22.0 Å². The van der Waals surface area contributed by atoms with Gasteiger partial charge in [0.05, 0.1) is 112 Å². The minimum Gasteiger partial charge on any atom is -0.457 e. The van der Waals surface area contributed by atoms with E-state index in [-0.39, 0.29) is 112 Å². The molecule has 2 saturated heterocycles. The van der Waals surface area contributed by atoms with Crippen molar-refractivity contribution >= 4 is 141 Å². The highest BCUT2D eigenvalue weighted by Crippen LogP contribution is 2.70.